The molecule has 0 N–H and O–H groups in total. The van der Waals surface area contributed by atoms with Crippen LogP contribution in [0.5, 0.6) is 5.75 Å². The van der Waals surface area contributed by atoms with Crippen molar-refractivity contribution in [1.29, 1.82) is 0 Å². The van der Waals surface area contributed by atoms with Crippen LogP contribution in [-0.4, -0.2) is 41.2 Å². The second-order valence-corrected chi connectivity index (χ2v) is 5.87. The van der Waals surface area contributed by atoms with Gasteiger partial charge in [0.05, 0.1) is 12.7 Å². The Kier molecular flexibility index (Phi) is 3.97. The monoisotopic (exact) mass is 285 g/mol. The van der Waals surface area contributed by atoms with Gasteiger partial charge >= 0.3 is 0 Å². The van der Waals surface area contributed by atoms with Gasteiger partial charge in [-0.1, -0.05) is 12.1 Å². The van der Waals surface area contributed by atoms with Crippen molar-refractivity contribution in [1.82, 2.24) is 14.5 Å². The third-order valence-electron chi connectivity index (χ3n) is 4.59. The molecule has 0 amide bonds. The molecule has 1 aliphatic rings. The summed E-state index contributed by atoms with van der Waals surface area (Å²) < 4.78 is 7.81. The van der Waals surface area contributed by atoms with Crippen molar-refractivity contribution in [3.05, 3.63) is 36.7 Å². The lowest BCUT2D eigenvalue weighted by Crippen LogP contribution is -2.38. The maximum absolute atomic E-state index is 5.49. The quantitative estimate of drug-likeness (QED) is 0.867. The lowest BCUT2D eigenvalue weighted by Gasteiger charge is -2.36. The third kappa shape index (κ3) is 2.68. The Morgan fingerprint density at radius 1 is 1.29 bits per heavy atom. The van der Waals surface area contributed by atoms with Crippen LogP contribution in [0.1, 0.15) is 25.8 Å². The molecule has 3 rings (SSSR count). The number of imidazole rings is 1. The molecule has 2 heterocycles. The number of nitrogens with zero attached hydrogens (tertiary/aromatic N) is 3. The number of aromatic nitrogens is 2. The molecule has 21 heavy (non-hydrogen) atoms. The van der Waals surface area contributed by atoms with E-state index in [1.807, 2.05) is 24.4 Å². The molecule has 112 valence electrons. The van der Waals surface area contributed by atoms with E-state index in [4.69, 9.17) is 4.74 Å². The number of ether oxygens (including phenoxy) is 1. The van der Waals surface area contributed by atoms with Gasteiger partial charge in [0.2, 0.25) is 0 Å². The highest BCUT2D eigenvalue weighted by Crippen LogP contribution is 2.33. The van der Waals surface area contributed by atoms with Crippen molar-refractivity contribution in [3.63, 3.8) is 0 Å². The highest BCUT2D eigenvalue weighted by Gasteiger charge is 2.26. The molecular formula is C17H23N3O. The van der Waals surface area contributed by atoms with Gasteiger partial charge in [0.25, 0.3) is 0 Å². The third-order valence-corrected chi connectivity index (χ3v) is 4.59. The first-order chi connectivity index (χ1) is 10.2. The number of hydrogen-bond donors (Lipinski definition) is 0. The molecule has 1 saturated heterocycles. The van der Waals surface area contributed by atoms with Gasteiger partial charge in [-0.05, 0) is 38.9 Å². The van der Waals surface area contributed by atoms with Gasteiger partial charge in [-0.3, -0.25) is 0 Å². The topological polar surface area (TPSA) is 30.3 Å². The van der Waals surface area contributed by atoms with Crippen LogP contribution in [0, 0.1) is 0 Å². The fraction of sp³-hybridized carbons (Fsp3) is 0.471. The summed E-state index contributed by atoms with van der Waals surface area (Å²) in [5, 5.41) is 0. The molecule has 1 aromatic heterocycles. The van der Waals surface area contributed by atoms with E-state index >= 15 is 0 Å². The van der Waals surface area contributed by atoms with Crippen LogP contribution in [0.25, 0.3) is 11.4 Å². The van der Waals surface area contributed by atoms with Crippen molar-refractivity contribution < 1.29 is 4.74 Å². The molecule has 1 fully saturated rings. The first-order valence-electron chi connectivity index (χ1n) is 7.57. The van der Waals surface area contributed by atoms with Crippen LogP contribution >= 0.6 is 0 Å². The maximum atomic E-state index is 5.49. The van der Waals surface area contributed by atoms with Crippen LogP contribution in [0.3, 0.4) is 0 Å². The molecule has 1 aromatic carbocycles. The summed E-state index contributed by atoms with van der Waals surface area (Å²) in [5.41, 5.74) is 1.07. The van der Waals surface area contributed by atoms with E-state index in [1.54, 1.807) is 7.11 Å². The van der Waals surface area contributed by atoms with Crippen LogP contribution in [0.2, 0.25) is 0 Å². The minimum atomic E-state index is 0.513. The summed E-state index contributed by atoms with van der Waals surface area (Å²) >= 11 is 0. The largest absolute Gasteiger partial charge is 0.496 e. The summed E-state index contributed by atoms with van der Waals surface area (Å²) in [7, 11) is 3.92. The fourth-order valence-electron chi connectivity index (χ4n) is 3.16. The van der Waals surface area contributed by atoms with Crippen molar-refractivity contribution >= 4 is 0 Å². The van der Waals surface area contributed by atoms with Crippen molar-refractivity contribution in [2.24, 2.45) is 0 Å². The number of para-hydroxylation sites is 1. The Hall–Kier alpha value is -1.81. The van der Waals surface area contributed by atoms with E-state index in [9.17, 15) is 0 Å². The minimum absolute atomic E-state index is 0.513. The lowest BCUT2D eigenvalue weighted by molar-refractivity contribution is 0.157. The van der Waals surface area contributed by atoms with Gasteiger partial charge in [-0.25, -0.2) is 4.98 Å². The molecule has 4 nitrogen and oxygen atoms in total. The molecule has 1 aliphatic heterocycles. The number of likely N-dealkylation sites (tertiary alicyclic amines) is 1. The lowest BCUT2D eigenvalue weighted by atomic mass is 9.98. The molecule has 2 aromatic rings. The van der Waals surface area contributed by atoms with E-state index in [1.165, 1.54) is 6.42 Å². The van der Waals surface area contributed by atoms with Crippen LogP contribution < -0.4 is 4.74 Å². The van der Waals surface area contributed by atoms with Gasteiger partial charge < -0.3 is 14.2 Å². The van der Waals surface area contributed by atoms with Gasteiger partial charge in [0.1, 0.15) is 11.6 Å². The Morgan fingerprint density at radius 2 is 2.10 bits per heavy atom. The number of benzene rings is 1. The smallest absolute Gasteiger partial charge is 0.143 e. The molecule has 0 radical (unpaired) electrons. The van der Waals surface area contributed by atoms with Gasteiger partial charge in [-0.2, -0.15) is 0 Å². The Bertz CT molecular complexity index is 608. The molecule has 0 aliphatic carbocycles. The number of piperidine rings is 1. The normalized spacial score (nSPS) is 23.2. The zero-order valence-corrected chi connectivity index (χ0v) is 13.0. The SMILES string of the molecule is COc1ccccc1-c1nccn1[C@@H]1CCN(C)[C@H](C)C1. The zero-order chi connectivity index (χ0) is 14.8. The maximum Gasteiger partial charge on any atom is 0.143 e. The molecule has 4 heteroatoms. The van der Waals surface area contributed by atoms with Gasteiger partial charge in [0, 0.05) is 31.0 Å². The Balaban J connectivity index is 1.94. The van der Waals surface area contributed by atoms with Crippen molar-refractivity contribution in [2.45, 2.75) is 31.8 Å². The molecular weight excluding hydrogens is 262 g/mol. The number of hydrogen-bond acceptors (Lipinski definition) is 3. The van der Waals surface area contributed by atoms with Gasteiger partial charge in [-0.15, -0.1) is 0 Å². The van der Waals surface area contributed by atoms with Crippen molar-refractivity contribution in [3.8, 4) is 17.1 Å². The first kappa shape index (κ1) is 14.1. The molecule has 0 bridgehead atoms. The van der Waals surface area contributed by atoms with Crippen LogP contribution in [0.4, 0.5) is 0 Å². The molecule has 0 saturated carbocycles. The molecule has 0 unspecified atom stereocenters. The predicted molar refractivity (Wildman–Crippen MR) is 84.6 cm³/mol. The van der Waals surface area contributed by atoms with Gasteiger partial charge in [0.15, 0.2) is 0 Å². The second kappa shape index (κ2) is 5.90. The number of rotatable bonds is 3. The highest BCUT2D eigenvalue weighted by molar-refractivity contribution is 5.64. The summed E-state index contributed by atoms with van der Waals surface area (Å²) in [4.78, 5) is 7.01. The Labute approximate surface area is 126 Å². The molecule has 2 atom stereocenters. The van der Waals surface area contributed by atoms with Crippen molar-refractivity contribution in [2.75, 3.05) is 20.7 Å². The average molecular weight is 285 g/mol. The first-order valence-corrected chi connectivity index (χ1v) is 7.57. The highest BCUT2D eigenvalue weighted by atomic mass is 16.5. The summed E-state index contributed by atoms with van der Waals surface area (Å²) in [6, 6.07) is 9.22. The Morgan fingerprint density at radius 3 is 2.86 bits per heavy atom. The van der Waals surface area contributed by atoms with E-state index in [-0.39, 0.29) is 0 Å². The zero-order valence-electron chi connectivity index (χ0n) is 13.0. The van der Waals surface area contributed by atoms with Crippen LogP contribution in [0.15, 0.2) is 36.7 Å². The van der Waals surface area contributed by atoms with Crippen LogP contribution in [-0.2, 0) is 0 Å². The average Bonchev–Trinajstić information content (AvgIpc) is 2.99. The second-order valence-electron chi connectivity index (χ2n) is 5.87. The van der Waals surface area contributed by atoms with E-state index < -0.39 is 0 Å². The molecule has 0 spiro atoms. The van der Waals surface area contributed by atoms with E-state index in [0.29, 0.717) is 12.1 Å². The standard InChI is InChI=1S/C17H23N3O/c1-13-12-14(8-10-19(13)2)20-11-9-18-17(20)15-6-4-5-7-16(15)21-3/h4-7,9,11,13-14H,8,10,12H2,1-3H3/t13-,14-/m1/s1. The summed E-state index contributed by atoms with van der Waals surface area (Å²) in [6.45, 7) is 3.43. The van der Waals surface area contributed by atoms with E-state index in [2.05, 4.69) is 40.7 Å². The summed E-state index contributed by atoms with van der Waals surface area (Å²) in [6.07, 6.45) is 6.32. The van der Waals surface area contributed by atoms with E-state index in [0.717, 1.165) is 30.1 Å². The summed E-state index contributed by atoms with van der Waals surface area (Å²) in [5.74, 6) is 1.89. The predicted octanol–water partition coefficient (Wildman–Crippen LogP) is 3.21. The minimum Gasteiger partial charge on any atom is -0.496 e. The fourth-order valence-corrected chi connectivity index (χ4v) is 3.16. The number of methoxy groups -OCH3 is 1.